The number of hydrogen-bond acceptors (Lipinski definition) is 6. The molecule has 2 aromatic rings. The Hall–Kier alpha value is -1.66. The number of nitrogens with zero attached hydrogens (tertiary/aromatic N) is 3. The fourth-order valence-electron chi connectivity index (χ4n) is 3.01. The fraction of sp³-hybridized carbons (Fsp3) is 0.625. The van der Waals surface area contributed by atoms with E-state index >= 15 is 0 Å². The van der Waals surface area contributed by atoms with Crippen LogP contribution >= 0.6 is 0 Å². The Kier molecular flexibility index (Phi) is 3.50. The van der Waals surface area contributed by atoms with Crippen LogP contribution < -0.4 is 0 Å². The molecule has 0 aromatic carbocycles. The molecule has 0 radical (unpaired) electrons. The van der Waals surface area contributed by atoms with Gasteiger partial charge in [0, 0.05) is 31.1 Å². The highest BCUT2D eigenvalue weighted by atomic mass is 16.5. The second kappa shape index (κ2) is 5.52. The monoisotopic (exact) mass is 303 g/mol. The Morgan fingerprint density at radius 3 is 2.91 bits per heavy atom. The van der Waals surface area contributed by atoms with Gasteiger partial charge in [0.2, 0.25) is 0 Å². The smallest absolute Gasteiger partial charge is 0.257 e. The summed E-state index contributed by atoms with van der Waals surface area (Å²) in [5.41, 5.74) is 1.22. The van der Waals surface area contributed by atoms with Crippen molar-refractivity contribution in [3.8, 4) is 0 Å². The molecule has 0 bridgehead atoms. The minimum Gasteiger partial charge on any atom is -0.469 e. The van der Waals surface area contributed by atoms with Gasteiger partial charge in [-0.05, 0) is 32.8 Å². The van der Waals surface area contributed by atoms with Gasteiger partial charge in [-0.2, -0.15) is 4.98 Å². The van der Waals surface area contributed by atoms with Crippen molar-refractivity contribution >= 4 is 0 Å². The van der Waals surface area contributed by atoms with E-state index in [9.17, 15) is 0 Å². The van der Waals surface area contributed by atoms with Crippen LogP contribution in [0.5, 0.6) is 0 Å². The van der Waals surface area contributed by atoms with Gasteiger partial charge >= 0.3 is 0 Å². The second-order valence-electron chi connectivity index (χ2n) is 6.40. The molecule has 0 spiro atoms. The predicted molar refractivity (Wildman–Crippen MR) is 78.3 cm³/mol. The summed E-state index contributed by atoms with van der Waals surface area (Å²) in [7, 11) is 0. The van der Waals surface area contributed by atoms with Crippen LogP contribution in [-0.2, 0) is 11.3 Å². The Morgan fingerprint density at radius 1 is 1.32 bits per heavy atom. The van der Waals surface area contributed by atoms with Crippen LogP contribution in [0.3, 0.4) is 0 Å². The van der Waals surface area contributed by atoms with Gasteiger partial charge in [-0.15, -0.1) is 0 Å². The van der Waals surface area contributed by atoms with Crippen LogP contribution in [0.2, 0.25) is 0 Å². The molecule has 1 aliphatic carbocycles. The third-order valence-corrected chi connectivity index (χ3v) is 4.37. The van der Waals surface area contributed by atoms with Crippen molar-refractivity contribution in [2.24, 2.45) is 0 Å². The minimum atomic E-state index is -0.143. The molecule has 2 atom stereocenters. The maximum Gasteiger partial charge on any atom is 0.257 e. The molecule has 118 valence electrons. The summed E-state index contributed by atoms with van der Waals surface area (Å²) in [6.07, 6.45) is 4.09. The van der Waals surface area contributed by atoms with E-state index in [1.807, 2.05) is 13.0 Å². The molecule has 1 saturated heterocycles. The third kappa shape index (κ3) is 2.80. The Balaban J connectivity index is 1.47. The summed E-state index contributed by atoms with van der Waals surface area (Å²) in [4.78, 5) is 6.89. The lowest BCUT2D eigenvalue weighted by Crippen LogP contribution is -2.42. The minimum absolute atomic E-state index is 0.141. The van der Waals surface area contributed by atoms with Crippen molar-refractivity contribution in [1.29, 1.82) is 0 Å². The summed E-state index contributed by atoms with van der Waals surface area (Å²) >= 11 is 0. The molecule has 0 unspecified atom stereocenters. The topological polar surface area (TPSA) is 64.5 Å². The number of aryl methyl sites for hydroxylation is 1. The molecule has 2 fully saturated rings. The zero-order valence-electron chi connectivity index (χ0n) is 13.0. The molecule has 2 aliphatic rings. The standard InChI is InChI=1S/C16H21N3O3/c1-10-7-19(8-13-5-6-20-11(13)2)9-14(21-10)16-17-15(18-22-16)12-3-4-12/h5-6,10,12,14H,3-4,7-9H2,1-2H3/t10-,14-/m1/s1. The van der Waals surface area contributed by atoms with Gasteiger partial charge in [-0.1, -0.05) is 5.16 Å². The number of morpholine rings is 1. The first-order valence-electron chi connectivity index (χ1n) is 7.93. The van der Waals surface area contributed by atoms with Crippen LogP contribution in [-0.4, -0.2) is 34.2 Å². The van der Waals surface area contributed by atoms with Gasteiger partial charge in [0.25, 0.3) is 5.89 Å². The largest absolute Gasteiger partial charge is 0.469 e. The van der Waals surface area contributed by atoms with E-state index < -0.39 is 0 Å². The second-order valence-corrected chi connectivity index (χ2v) is 6.40. The average molecular weight is 303 g/mol. The molecule has 4 rings (SSSR count). The molecular formula is C16H21N3O3. The first kappa shape index (κ1) is 14.0. The number of rotatable bonds is 4. The molecule has 6 heteroatoms. The molecular weight excluding hydrogens is 282 g/mol. The first-order valence-corrected chi connectivity index (χ1v) is 7.93. The van der Waals surface area contributed by atoms with Crippen LogP contribution in [0.15, 0.2) is 21.3 Å². The number of furan rings is 1. The van der Waals surface area contributed by atoms with Gasteiger partial charge in [-0.25, -0.2) is 0 Å². The van der Waals surface area contributed by atoms with Gasteiger partial charge < -0.3 is 13.7 Å². The maximum atomic E-state index is 6.00. The van der Waals surface area contributed by atoms with E-state index in [1.165, 1.54) is 18.4 Å². The number of hydrogen-bond donors (Lipinski definition) is 0. The van der Waals surface area contributed by atoms with Crippen LogP contribution in [0.4, 0.5) is 0 Å². The molecule has 0 amide bonds. The van der Waals surface area contributed by atoms with Crippen LogP contribution in [0, 0.1) is 6.92 Å². The van der Waals surface area contributed by atoms with Gasteiger partial charge in [0.1, 0.15) is 11.9 Å². The van der Waals surface area contributed by atoms with Crippen molar-refractivity contribution in [2.75, 3.05) is 13.1 Å². The quantitative estimate of drug-likeness (QED) is 0.865. The number of ether oxygens (including phenoxy) is 1. The molecule has 3 heterocycles. The van der Waals surface area contributed by atoms with Crippen molar-refractivity contribution in [1.82, 2.24) is 15.0 Å². The lowest BCUT2D eigenvalue weighted by atomic mass is 10.1. The first-order chi connectivity index (χ1) is 10.7. The van der Waals surface area contributed by atoms with E-state index in [1.54, 1.807) is 6.26 Å². The molecule has 1 aliphatic heterocycles. The van der Waals surface area contributed by atoms with E-state index in [0.29, 0.717) is 11.8 Å². The van der Waals surface area contributed by atoms with E-state index in [0.717, 1.165) is 31.2 Å². The Labute approximate surface area is 129 Å². The van der Waals surface area contributed by atoms with Crippen LogP contribution in [0.1, 0.15) is 54.8 Å². The fourth-order valence-corrected chi connectivity index (χ4v) is 3.01. The van der Waals surface area contributed by atoms with E-state index in [2.05, 4.69) is 22.0 Å². The summed E-state index contributed by atoms with van der Waals surface area (Å²) in [5, 5.41) is 4.09. The van der Waals surface area contributed by atoms with Crippen molar-refractivity contribution in [3.05, 3.63) is 35.4 Å². The van der Waals surface area contributed by atoms with Gasteiger partial charge in [-0.3, -0.25) is 4.90 Å². The van der Waals surface area contributed by atoms with Gasteiger partial charge in [0.15, 0.2) is 5.82 Å². The highest BCUT2D eigenvalue weighted by molar-refractivity contribution is 5.15. The lowest BCUT2D eigenvalue weighted by molar-refractivity contribution is -0.0931. The summed E-state index contributed by atoms with van der Waals surface area (Å²) in [5.74, 6) is 2.93. The Bertz CT molecular complexity index is 647. The zero-order valence-corrected chi connectivity index (χ0v) is 13.0. The zero-order chi connectivity index (χ0) is 15.1. The van der Waals surface area contributed by atoms with E-state index in [-0.39, 0.29) is 12.2 Å². The Morgan fingerprint density at radius 2 is 2.18 bits per heavy atom. The normalized spacial score (nSPS) is 26.5. The van der Waals surface area contributed by atoms with E-state index in [4.69, 9.17) is 13.7 Å². The third-order valence-electron chi connectivity index (χ3n) is 4.37. The molecule has 2 aromatic heterocycles. The molecule has 6 nitrogen and oxygen atoms in total. The maximum absolute atomic E-state index is 6.00. The SMILES string of the molecule is Cc1occc1CN1C[C@@H](C)O[C@@H](c2nc(C3CC3)no2)C1. The lowest BCUT2D eigenvalue weighted by Gasteiger charge is -2.35. The summed E-state index contributed by atoms with van der Waals surface area (Å²) in [6, 6.07) is 2.03. The number of aromatic nitrogens is 2. The molecule has 1 saturated carbocycles. The van der Waals surface area contributed by atoms with Crippen LogP contribution in [0.25, 0.3) is 0 Å². The molecule has 0 N–H and O–H groups in total. The van der Waals surface area contributed by atoms with Crippen molar-refractivity contribution in [3.63, 3.8) is 0 Å². The highest BCUT2D eigenvalue weighted by Gasteiger charge is 2.34. The summed E-state index contributed by atoms with van der Waals surface area (Å²) in [6.45, 7) is 6.60. The average Bonchev–Trinajstić information content (AvgIpc) is 3.08. The van der Waals surface area contributed by atoms with Crippen molar-refractivity contribution in [2.45, 2.75) is 51.4 Å². The predicted octanol–water partition coefficient (Wildman–Crippen LogP) is 2.81. The van der Waals surface area contributed by atoms with Crippen molar-refractivity contribution < 1.29 is 13.7 Å². The van der Waals surface area contributed by atoms with Gasteiger partial charge in [0.05, 0.1) is 12.4 Å². The highest BCUT2D eigenvalue weighted by Crippen LogP contribution is 2.39. The molecule has 22 heavy (non-hydrogen) atoms. The summed E-state index contributed by atoms with van der Waals surface area (Å²) < 4.78 is 16.8.